The zero-order chi connectivity index (χ0) is 17.7. The summed E-state index contributed by atoms with van der Waals surface area (Å²) in [6.45, 7) is 0.604. The zero-order valence-corrected chi connectivity index (χ0v) is 13.4. The number of likely N-dealkylation sites (N-methyl/N-ethyl adjacent to an activating group) is 1. The minimum atomic E-state index is -1.25. The van der Waals surface area contributed by atoms with Gasteiger partial charge in [0.2, 0.25) is 0 Å². The molecule has 0 saturated carbocycles. The third-order valence-electron chi connectivity index (χ3n) is 2.74. The highest BCUT2D eigenvalue weighted by Gasteiger charge is 2.24. The number of carbonyl (C=O) groups is 3. The average molecular weight is 339 g/mol. The van der Waals surface area contributed by atoms with Crippen molar-refractivity contribution in [2.75, 3.05) is 19.3 Å². The lowest BCUT2D eigenvalue weighted by Crippen LogP contribution is -2.41. The van der Waals surface area contributed by atoms with Crippen molar-refractivity contribution in [3.8, 4) is 0 Å². The van der Waals surface area contributed by atoms with Crippen LogP contribution in [0.3, 0.4) is 0 Å². The molecule has 0 spiro atoms. The molecular formula is C12H25N3O6S. The summed E-state index contributed by atoms with van der Waals surface area (Å²) in [4.78, 5) is 31.8. The third-order valence-corrected chi connectivity index (χ3v) is 3.00. The van der Waals surface area contributed by atoms with Crippen LogP contribution in [0.15, 0.2) is 0 Å². The second kappa shape index (κ2) is 13.2. The zero-order valence-electron chi connectivity index (χ0n) is 12.5. The third kappa shape index (κ3) is 11.2. The molecular weight excluding hydrogens is 314 g/mol. The maximum Gasteiger partial charge on any atom is 0.407 e. The Bertz CT molecular complexity index is 356. The molecule has 0 aromatic rings. The van der Waals surface area contributed by atoms with Gasteiger partial charge in [-0.25, -0.2) is 9.59 Å². The molecule has 0 aliphatic carbocycles. The van der Waals surface area contributed by atoms with Crippen LogP contribution in [0, 0.1) is 0 Å². The molecule has 0 rings (SSSR count). The van der Waals surface area contributed by atoms with Gasteiger partial charge in [-0.05, 0) is 31.6 Å². The van der Waals surface area contributed by atoms with Crippen LogP contribution in [-0.4, -0.2) is 69.7 Å². The van der Waals surface area contributed by atoms with Crippen LogP contribution < -0.4 is 11.5 Å². The number of unbranched alkanes of at least 4 members (excludes halogenated alkanes) is 1. The smallest absolute Gasteiger partial charge is 0.407 e. The Hall–Kier alpha value is -1.52. The van der Waals surface area contributed by atoms with Crippen molar-refractivity contribution in [1.29, 1.82) is 0 Å². The highest BCUT2D eigenvalue weighted by Crippen LogP contribution is 2.03. The van der Waals surface area contributed by atoms with Gasteiger partial charge in [-0.15, -0.1) is 0 Å². The minimum Gasteiger partial charge on any atom is -0.480 e. The quantitative estimate of drug-likeness (QED) is 0.250. The summed E-state index contributed by atoms with van der Waals surface area (Å²) in [7, 11) is 1.23. The number of hydrogen-bond donors (Lipinski definition) is 6. The van der Waals surface area contributed by atoms with Crippen LogP contribution >= 0.6 is 12.6 Å². The SMILES string of the molecule is CN(C(=O)O)[C@@H](CCS)C(=O)O.NCCCCC(N)C(=O)O. The Kier molecular flexibility index (Phi) is 13.6. The lowest BCUT2D eigenvalue weighted by atomic mass is 10.1. The summed E-state index contributed by atoms with van der Waals surface area (Å²) in [6, 6.07) is -1.72. The molecule has 0 fully saturated rings. The van der Waals surface area contributed by atoms with Crippen molar-refractivity contribution in [3.05, 3.63) is 0 Å². The average Bonchev–Trinajstić information content (AvgIpc) is 2.44. The van der Waals surface area contributed by atoms with E-state index in [9.17, 15) is 14.4 Å². The Morgan fingerprint density at radius 1 is 1.09 bits per heavy atom. The van der Waals surface area contributed by atoms with Gasteiger partial charge in [0.1, 0.15) is 12.1 Å². The van der Waals surface area contributed by atoms with Gasteiger partial charge in [0.05, 0.1) is 0 Å². The monoisotopic (exact) mass is 339 g/mol. The number of nitrogens with zero attached hydrogens (tertiary/aromatic N) is 1. The molecule has 9 nitrogen and oxygen atoms in total. The highest BCUT2D eigenvalue weighted by atomic mass is 32.1. The van der Waals surface area contributed by atoms with Crippen molar-refractivity contribution in [2.45, 2.75) is 37.8 Å². The number of hydrogen-bond acceptors (Lipinski definition) is 6. The fourth-order valence-corrected chi connectivity index (χ4v) is 1.62. The van der Waals surface area contributed by atoms with Crippen molar-refractivity contribution >= 4 is 30.7 Å². The lowest BCUT2D eigenvalue weighted by Gasteiger charge is -2.20. The van der Waals surface area contributed by atoms with Gasteiger partial charge < -0.3 is 26.8 Å². The fraction of sp³-hybridized carbons (Fsp3) is 0.750. The number of nitrogens with two attached hydrogens (primary N) is 2. The number of carboxylic acids is 2. The van der Waals surface area contributed by atoms with Crippen LogP contribution in [0.4, 0.5) is 4.79 Å². The molecule has 0 saturated heterocycles. The maximum atomic E-state index is 10.5. The summed E-state index contributed by atoms with van der Waals surface area (Å²) in [5.74, 6) is -1.74. The highest BCUT2D eigenvalue weighted by molar-refractivity contribution is 7.80. The summed E-state index contributed by atoms with van der Waals surface area (Å²) >= 11 is 3.83. The van der Waals surface area contributed by atoms with Crippen LogP contribution in [-0.2, 0) is 9.59 Å². The first-order valence-corrected chi connectivity index (χ1v) is 7.30. The molecule has 0 aromatic heterocycles. The van der Waals surface area contributed by atoms with Gasteiger partial charge in [-0.1, -0.05) is 6.42 Å². The van der Waals surface area contributed by atoms with Crippen LogP contribution in [0.1, 0.15) is 25.7 Å². The van der Waals surface area contributed by atoms with Crippen molar-refractivity contribution in [3.63, 3.8) is 0 Å². The number of rotatable bonds is 9. The van der Waals surface area contributed by atoms with E-state index in [-0.39, 0.29) is 6.42 Å². The van der Waals surface area contributed by atoms with Crippen molar-refractivity contribution < 1.29 is 29.7 Å². The predicted molar refractivity (Wildman–Crippen MR) is 84.2 cm³/mol. The van der Waals surface area contributed by atoms with Gasteiger partial charge in [0, 0.05) is 7.05 Å². The van der Waals surface area contributed by atoms with E-state index >= 15 is 0 Å². The summed E-state index contributed by atoms with van der Waals surface area (Å²) in [5, 5.41) is 25.4. The molecule has 0 aliphatic heterocycles. The standard InChI is InChI=1S/C6H14N2O2.C6H11NO4S/c7-4-2-1-3-5(8)6(9)10;1-7(6(10)11)4(2-3-12)5(8)9/h5H,1-4,7-8H2,(H,9,10);4,12H,2-3H2,1H3,(H,8,9)(H,10,11)/t;4-/m.0/s1. The molecule has 0 aromatic carbocycles. The molecule has 7 N–H and O–H groups in total. The van der Waals surface area contributed by atoms with Crippen LogP contribution in [0.25, 0.3) is 0 Å². The van der Waals surface area contributed by atoms with Crippen molar-refractivity contribution in [2.24, 2.45) is 11.5 Å². The molecule has 10 heteroatoms. The van der Waals surface area contributed by atoms with Gasteiger partial charge >= 0.3 is 18.0 Å². The molecule has 0 aliphatic rings. The molecule has 22 heavy (non-hydrogen) atoms. The predicted octanol–water partition coefficient (Wildman–Crippen LogP) is -0.103. The minimum absolute atomic E-state index is 0.210. The number of amides is 1. The van der Waals surface area contributed by atoms with E-state index in [1.54, 1.807) is 0 Å². The summed E-state index contributed by atoms with van der Waals surface area (Å²) in [5.41, 5.74) is 10.4. The first kappa shape index (κ1) is 22.8. The van der Waals surface area contributed by atoms with E-state index in [1.807, 2.05) is 0 Å². The van der Waals surface area contributed by atoms with E-state index in [1.165, 1.54) is 7.05 Å². The fourth-order valence-electron chi connectivity index (χ4n) is 1.37. The molecule has 1 unspecified atom stereocenters. The summed E-state index contributed by atoms with van der Waals surface area (Å²) < 4.78 is 0. The van der Waals surface area contributed by atoms with Gasteiger partial charge in [0.15, 0.2) is 0 Å². The largest absolute Gasteiger partial charge is 0.480 e. The topological polar surface area (TPSA) is 167 Å². The first-order chi connectivity index (χ1) is 10.2. The van der Waals surface area contributed by atoms with E-state index in [0.29, 0.717) is 18.7 Å². The van der Waals surface area contributed by atoms with Crippen LogP contribution in [0.5, 0.6) is 0 Å². The van der Waals surface area contributed by atoms with Crippen LogP contribution in [0.2, 0.25) is 0 Å². The van der Waals surface area contributed by atoms with E-state index in [2.05, 4.69) is 12.6 Å². The maximum absolute atomic E-state index is 10.5. The Balaban J connectivity index is 0. The lowest BCUT2D eigenvalue weighted by molar-refractivity contribution is -0.142. The Labute approximate surface area is 134 Å². The second-order valence-electron chi connectivity index (χ2n) is 4.49. The van der Waals surface area contributed by atoms with E-state index in [0.717, 1.165) is 17.7 Å². The first-order valence-electron chi connectivity index (χ1n) is 6.66. The number of aliphatic carboxylic acids is 2. The molecule has 2 atom stereocenters. The molecule has 0 heterocycles. The second-order valence-corrected chi connectivity index (χ2v) is 4.94. The number of carboxylic acid groups (broad SMARTS) is 3. The molecule has 1 amide bonds. The molecule has 0 radical (unpaired) electrons. The van der Waals surface area contributed by atoms with E-state index in [4.69, 9.17) is 26.8 Å². The molecule has 130 valence electrons. The Morgan fingerprint density at radius 2 is 1.64 bits per heavy atom. The Morgan fingerprint density at radius 3 is 1.95 bits per heavy atom. The van der Waals surface area contributed by atoms with E-state index < -0.39 is 30.1 Å². The van der Waals surface area contributed by atoms with Gasteiger partial charge in [-0.2, -0.15) is 12.6 Å². The van der Waals surface area contributed by atoms with Gasteiger partial charge in [-0.3, -0.25) is 9.69 Å². The molecule has 0 bridgehead atoms. The normalized spacial score (nSPS) is 12.5. The summed E-state index contributed by atoms with van der Waals surface area (Å²) in [6.07, 6.45) is 1.13. The van der Waals surface area contributed by atoms with Crippen molar-refractivity contribution in [1.82, 2.24) is 4.90 Å². The number of thiol groups is 1. The van der Waals surface area contributed by atoms with Gasteiger partial charge in [0.25, 0.3) is 0 Å².